The molecule has 0 spiro atoms. The molecule has 0 aliphatic rings. The van der Waals surface area contributed by atoms with Crippen LogP contribution in [-0.2, 0) is 18.1 Å². The van der Waals surface area contributed by atoms with Crippen molar-refractivity contribution in [3.8, 4) is 0 Å². The maximum atomic E-state index is 12.2. The Balaban J connectivity index is 4.71. The minimum atomic E-state index is -4.18. The second kappa shape index (κ2) is 8.50. The van der Waals surface area contributed by atoms with E-state index in [4.69, 9.17) is 106 Å². The summed E-state index contributed by atoms with van der Waals surface area (Å²) in [5.74, 6) is 0. The predicted octanol–water partition coefficient (Wildman–Crippen LogP) is 6.08. The van der Waals surface area contributed by atoms with Gasteiger partial charge in [-0.2, -0.15) is 0 Å². The van der Waals surface area contributed by atoms with Crippen molar-refractivity contribution in [2.24, 2.45) is 0 Å². The summed E-state index contributed by atoms with van der Waals surface area (Å²) in [6.07, 6.45) is 0. The van der Waals surface area contributed by atoms with Crippen LogP contribution in [0.2, 0.25) is 0 Å². The maximum absolute atomic E-state index is 12.2. The van der Waals surface area contributed by atoms with E-state index in [0.29, 0.717) is 0 Å². The summed E-state index contributed by atoms with van der Waals surface area (Å²) in [4.78, 5) is 0. The van der Waals surface area contributed by atoms with E-state index in [-0.39, 0.29) is 0 Å². The van der Waals surface area contributed by atoms with Crippen LogP contribution in [-0.4, -0.2) is 31.7 Å². The number of phosphoric acid groups is 1. The summed E-state index contributed by atoms with van der Waals surface area (Å²) in [5.41, 5.74) is 0. The summed E-state index contributed by atoms with van der Waals surface area (Å²) in [7, 11) is -4.18. The van der Waals surface area contributed by atoms with Gasteiger partial charge >= 0.3 is 7.82 Å². The van der Waals surface area contributed by atoms with Crippen LogP contribution in [0.3, 0.4) is 0 Å². The van der Waals surface area contributed by atoms with Crippen LogP contribution in [0, 0.1) is 0 Å². The lowest BCUT2D eigenvalue weighted by Crippen LogP contribution is -2.20. The molecule has 0 heterocycles. The molecule has 0 aromatic heterocycles. The third kappa shape index (κ3) is 14.0. The summed E-state index contributed by atoms with van der Waals surface area (Å²) in [6, 6.07) is 0. The molecule has 0 aliphatic heterocycles. The first-order chi connectivity index (χ1) is 8.62. The van der Waals surface area contributed by atoms with Gasteiger partial charge in [0.25, 0.3) is 0 Å². The van der Waals surface area contributed by atoms with Crippen molar-refractivity contribution in [3.05, 3.63) is 0 Å². The number of alkyl halides is 8. The molecule has 0 unspecified atom stereocenters. The second-order valence-corrected chi connectivity index (χ2v) is 12.1. The molecule has 0 saturated heterocycles. The largest absolute Gasteiger partial charge is 0.475 e. The van der Waals surface area contributed by atoms with Gasteiger partial charge in [-0.25, -0.2) is 4.57 Å². The molecule has 0 aliphatic carbocycles. The lowest BCUT2D eigenvalue weighted by molar-refractivity contribution is 0.114. The molecule has 0 aromatic rings. The lowest BCUT2D eigenvalue weighted by Gasteiger charge is -2.23. The average Bonchev–Trinajstić information content (AvgIpc) is 2.18. The van der Waals surface area contributed by atoms with Crippen molar-refractivity contribution < 1.29 is 18.1 Å². The number of phosphoric ester groups is 1. The Labute approximate surface area is 156 Å². The van der Waals surface area contributed by atoms with Gasteiger partial charge in [0.15, 0.2) is 0 Å². The Hall–Kier alpha value is 2.43. The van der Waals surface area contributed by atoms with E-state index in [1.54, 1.807) is 0 Å². The molecular weight excluding hydrogens is 463 g/mol. The van der Waals surface area contributed by atoms with Crippen LogP contribution in [0.5, 0.6) is 0 Å². The van der Waals surface area contributed by atoms with Gasteiger partial charge < -0.3 is 0 Å². The molecule has 4 nitrogen and oxygen atoms in total. The zero-order valence-electron chi connectivity index (χ0n) is 9.73. The molecule has 0 bridgehead atoms. The Morgan fingerprint density at radius 2 is 1.05 bits per heavy atom. The highest BCUT2D eigenvalue weighted by Gasteiger charge is 2.36. The van der Waals surface area contributed by atoms with Gasteiger partial charge in [0.05, 0.1) is 6.61 Å². The van der Waals surface area contributed by atoms with E-state index < -0.39 is 39.6 Å². The Kier molecular flexibility index (Phi) is 9.54. The monoisotopic (exact) mass is 468 g/mol. The molecule has 0 atom stereocenters. The molecule has 0 aromatic carbocycles. The zero-order chi connectivity index (χ0) is 16.2. The van der Waals surface area contributed by atoms with Gasteiger partial charge in [-0.1, -0.05) is 92.8 Å². The fourth-order valence-electron chi connectivity index (χ4n) is 0.609. The van der Waals surface area contributed by atoms with Gasteiger partial charge in [0, 0.05) is 0 Å². The van der Waals surface area contributed by atoms with Crippen LogP contribution >= 0.6 is 101 Å². The van der Waals surface area contributed by atoms with E-state index in [2.05, 4.69) is 0 Å². The summed E-state index contributed by atoms with van der Waals surface area (Å²) < 4.78 is 21.7. The first-order valence-electron chi connectivity index (χ1n) is 4.67. The standard InChI is InChI=1S/C7H9Cl8O4P/c1-5(8,9)2-17-20(16,18-3-6(10,11)12)19-4-7(13,14)15/h2-4H2,1H3. The zero-order valence-corrected chi connectivity index (χ0v) is 16.7. The van der Waals surface area contributed by atoms with Crippen molar-refractivity contribution in [3.63, 3.8) is 0 Å². The number of hydrogen-bond acceptors (Lipinski definition) is 4. The van der Waals surface area contributed by atoms with Crippen molar-refractivity contribution in [1.29, 1.82) is 0 Å². The first kappa shape index (κ1) is 22.4. The predicted molar refractivity (Wildman–Crippen MR) is 86.2 cm³/mol. The highest BCUT2D eigenvalue weighted by molar-refractivity contribution is 7.48. The Bertz CT molecular complexity index is 294. The van der Waals surface area contributed by atoms with Crippen LogP contribution in [0.15, 0.2) is 0 Å². The number of halogens is 8. The van der Waals surface area contributed by atoms with Gasteiger partial charge in [-0.05, 0) is 6.92 Å². The molecule has 0 N–H and O–H groups in total. The van der Waals surface area contributed by atoms with Crippen molar-refractivity contribution in [1.82, 2.24) is 0 Å². The van der Waals surface area contributed by atoms with Crippen LogP contribution in [0.25, 0.3) is 0 Å². The minimum absolute atomic E-state index is 0.396. The second-order valence-electron chi connectivity index (χ2n) is 3.57. The molecule has 0 amide bonds. The number of rotatable bonds is 7. The fourth-order valence-corrected chi connectivity index (χ4v) is 3.00. The highest BCUT2D eigenvalue weighted by Crippen LogP contribution is 2.53. The topological polar surface area (TPSA) is 44.8 Å². The molecule has 122 valence electrons. The van der Waals surface area contributed by atoms with Crippen molar-refractivity contribution in [2.45, 2.75) is 18.8 Å². The smallest absolute Gasteiger partial charge is 0.284 e. The van der Waals surface area contributed by atoms with E-state index >= 15 is 0 Å². The van der Waals surface area contributed by atoms with Gasteiger partial charge in [0.2, 0.25) is 7.59 Å². The molecule has 0 saturated carbocycles. The minimum Gasteiger partial charge on any atom is -0.284 e. The summed E-state index contributed by atoms with van der Waals surface area (Å²) >= 11 is 44.1. The van der Waals surface area contributed by atoms with E-state index in [1.807, 2.05) is 0 Å². The third-order valence-corrected chi connectivity index (χ3v) is 3.46. The SMILES string of the molecule is CC(Cl)(Cl)COP(=O)(OCC(Cl)(Cl)Cl)OCC(Cl)(Cl)Cl. The first-order valence-corrected chi connectivity index (χ1v) is 9.15. The summed E-state index contributed by atoms with van der Waals surface area (Å²) in [5, 5.41) is 0. The fraction of sp³-hybridized carbons (Fsp3) is 1.00. The van der Waals surface area contributed by atoms with Crippen molar-refractivity contribution in [2.75, 3.05) is 19.8 Å². The van der Waals surface area contributed by atoms with Gasteiger partial charge in [0.1, 0.15) is 17.5 Å². The van der Waals surface area contributed by atoms with Crippen molar-refractivity contribution >= 4 is 101 Å². The third-order valence-electron chi connectivity index (χ3n) is 1.25. The van der Waals surface area contributed by atoms with Crippen LogP contribution < -0.4 is 0 Å². The number of hydrogen-bond donors (Lipinski definition) is 0. The van der Waals surface area contributed by atoms with E-state index in [0.717, 1.165) is 0 Å². The molecular formula is C7H9Cl8O4P. The van der Waals surface area contributed by atoms with Gasteiger partial charge in [-0.3, -0.25) is 13.6 Å². The Morgan fingerprint density at radius 1 is 0.750 bits per heavy atom. The quantitative estimate of drug-likeness (QED) is 0.333. The molecule has 0 rings (SSSR count). The van der Waals surface area contributed by atoms with Crippen LogP contribution in [0.4, 0.5) is 0 Å². The van der Waals surface area contributed by atoms with E-state index in [9.17, 15) is 4.57 Å². The summed E-state index contributed by atoms with van der Waals surface area (Å²) in [6.45, 7) is -0.177. The van der Waals surface area contributed by atoms with Crippen LogP contribution in [0.1, 0.15) is 6.92 Å². The molecule has 13 heteroatoms. The highest BCUT2D eigenvalue weighted by atomic mass is 35.6. The Morgan fingerprint density at radius 3 is 1.30 bits per heavy atom. The average molecular weight is 472 g/mol. The molecule has 0 fully saturated rings. The normalized spacial score (nSPS) is 14.7. The molecule has 0 radical (unpaired) electrons. The maximum Gasteiger partial charge on any atom is 0.475 e. The molecule has 20 heavy (non-hydrogen) atoms. The van der Waals surface area contributed by atoms with E-state index in [1.165, 1.54) is 6.92 Å². The lowest BCUT2D eigenvalue weighted by atomic mass is 10.5. The van der Waals surface area contributed by atoms with Gasteiger partial charge in [-0.15, -0.1) is 0 Å².